The van der Waals surface area contributed by atoms with Crippen molar-refractivity contribution >= 4 is 16.9 Å². The molecule has 0 saturated heterocycles. The van der Waals surface area contributed by atoms with Crippen LogP contribution in [0.3, 0.4) is 0 Å². The Labute approximate surface area is 156 Å². The number of aryl methyl sites for hydroxylation is 2. The fraction of sp³-hybridized carbons (Fsp3) is 0.235. The summed E-state index contributed by atoms with van der Waals surface area (Å²) in [5, 5.41) is 10.9. The van der Waals surface area contributed by atoms with Crippen LogP contribution in [-0.4, -0.2) is 30.1 Å². The highest BCUT2D eigenvalue weighted by Crippen LogP contribution is 2.35. The van der Waals surface area contributed by atoms with Gasteiger partial charge in [0.15, 0.2) is 11.2 Å². The van der Waals surface area contributed by atoms with Crippen molar-refractivity contribution in [3.8, 4) is 11.3 Å². The lowest BCUT2D eigenvalue weighted by Crippen LogP contribution is -2.09. The van der Waals surface area contributed by atoms with Gasteiger partial charge >= 0.3 is 6.18 Å². The molecule has 0 spiro atoms. The van der Waals surface area contributed by atoms with Crippen LogP contribution in [0.4, 0.5) is 18.9 Å². The van der Waals surface area contributed by atoms with E-state index < -0.39 is 11.9 Å². The van der Waals surface area contributed by atoms with Gasteiger partial charge in [0.2, 0.25) is 5.65 Å². The third-order valence-corrected chi connectivity index (χ3v) is 4.30. The first-order valence-electron chi connectivity index (χ1n) is 8.18. The van der Waals surface area contributed by atoms with Gasteiger partial charge in [-0.05, 0) is 29.4 Å². The molecule has 4 aromatic heterocycles. The van der Waals surface area contributed by atoms with Gasteiger partial charge in [-0.3, -0.25) is 9.67 Å². The number of aromatic nitrogens is 6. The fourth-order valence-corrected chi connectivity index (χ4v) is 3.01. The molecule has 0 aliphatic rings. The molecule has 0 radical (unpaired) electrons. The van der Waals surface area contributed by atoms with Crippen LogP contribution in [0.1, 0.15) is 22.6 Å². The summed E-state index contributed by atoms with van der Waals surface area (Å²) < 4.78 is 45.6. The van der Waals surface area contributed by atoms with E-state index in [0.717, 1.165) is 4.68 Å². The second kappa shape index (κ2) is 6.29. The SMILES string of the molecule is Cc1nc2nonc2c(N)c1Cc1cccc(-c2cn(C)nc2C(F)(F)F)n1. The smallest absolute Gasteiger partial charge is 0.396 e. The van der Waals surface area contributed by atoms with E-state index in [1.807, 2.05) is 0 Å². The Kier molecular flexibility index (Phi) is 4.02. The molecule has 2 N–H and O–H groups in total. The first-order chi connectivity index (χ1) is 13.2. The van der Waals surface area contributed by atoms with E-state index >= 15 is 0 Å². The lowest BCUT2D eigenvalue weighted by molar-refractivity contribution is -0.141. The van der Waals surface area contributed by atoms with Crippen molar-refractivity contribution in [3.05, 3.63) is 47.0 Å². The van der Waals surface area contributed by atoms with Gasteiger partial charge in [-0.25, -0.2) is 9.61 Å². The van der Waals surface area contributed by atoms with Crippen LogP contribution in [0.2, 0.25) is 0 Å². The molecular formula is C17H14F3N7O. The number of alkyl halides is 3. The molecule has 0 bridgehead atoms. The number of nitrogens with two attached hydrogens (primary N) is 1. The molecule has 144 valence electrons. The second-order valence-corrected chi connectivity index (χ2v) is 6.28. The summed E-state index contributed by atoms with van der Waals surface area (Å²) in [6, 6.07) is 4.85. The van der Waals surface area contributed by atoms with Gasteiger partial charge in [-0.15, -0.1) is 0 Å². The Morgan fingerprint density at radius 2 is 1.96 bits per heavy atom. The molecule has 0 aliphatic heterocycles. The van der Waals surface area contributed by atoms with E-state index in [-0.39, 0.29) is 17.7 Å². The van der Waals surface area contributed by atoms with Crippen LogP contribution >= 0.6 is 0 Å². The van der Waals surface area contributed by atoms with Gasteiger partial charge in [-0.1, -0.05) is 6.07 Å². The topological polar surface area (TPSA) is 109 Å². The number of nitrogens with zero attached hydrogens (tertiary/aromatic N) is 6. The molecule has 0 saturated carbocycles. The summed E-state index contributed by atoms with van der Waals surface area (Å²) in [6.07, 6.45) is -3.02. The van der Waals surface area contributed by atoms with Gasteiger partial charge < -0.3 is 5.73 Å². The van der Waals surface area contributed by atoms with Gasteiger partial charge in [0.1, 0.15) is 0 Å². The maximum absolute atomic E-state index is 13.3. The van der Waals surface area contributed by atoms with Crippen LogP contribution < -0.4 is 5.73 Å². The molecular weight excluding hydrogens is 375 g/mol. The number of fused-ring (bicyclic) bond motifs is 1. The standard InChI is InChI=1S/C17H14F3N7O/c1-8-10(13(21)14-16(22-8)26-28-25-14)6-9-4-3-5-12(23-9)11-7-27(2)24-15(11)17(18,19)20/h3-5,7H,6,21H2,1-2H3. The molecule has 0 atom stereocenters. The molecule has 0 aliphatic carbocycles. The lowest BCUT2D eigenvalue weighted by atomic mass is 10.0. The Morgan fingerprint density at radius 1 is 1.18 bits per heavy atom. The number of nitrogen functional groups attached to an aromatic ring is 1. The number of pyridine rings is 2. The van der Waals surface area contributed by atoms with Crippen molar-refractivity contribution in [3.63, 3.8) is 0 Å². The van der Waals surface area contributed by atoms with E-state index in [2.05, 4.69) is 30.0 Å². The van der Waals surface area contributed by atoms with Crippen LogP contribution in [0.5, 0.6) is 0 Å². The number of halogens is 3. The zero-order chi connectivity index (χ0) is 20.1. The molecule has 0 aromatic carbocycles. The maximum atomic E-state index is 13.3. The van der Waals surface area contributed by atoms with E-state index in [9.17, 15) is 13.2 Å². The van der Waals surface area contributed by atoms with Crippen LogP contribution in [0.25, 0.3) is 22.4 Å². The minimum atomic E-state index is -4.58. The quantitative estimate of drug-likeness (QED) is 0.574. The Balaban J connectivity index is 1.75. The highest BCUT2D eigenvalue weighted by atomic mass is 19.4. The molecule has 28 heavy (non-hydrogen) atoms. The zero-order valence-corrected chi connectivity index (χ0v) is 14.8. The Hall–Kier alpha value is -3.50. The average molecular weight is 389 g/mol. The lowest BCUT2D eigenvalue weighted by Gasteiger charge is -2.10. The van der Waals surface area contributed by atoms with Gasteiger partial charge in [-0.2, -0.15) is 18.3 Å². The first-order valence-corrected chi connectivity index (χ1v) is 8.18. The number of anilines is 1. The van der Waals surface area contributed by atoms with E-state index in [0.29, 0.717) is 33.8 Å². The second-order valence-electron chi connectivity index (χ2n) is 6.28. The minimum absolute atomic E-state index is 0.0872. The Morgan fingerprint density at radius 3 is 2.71 bits per heavy atom. The molecule has 11 heteroatoms. The van der Waals surface area contributed by atoms with Crippen LogP contribution in [-0.2, 0) is 19.6 Å². The highest BCUT2D eigenvalue weighted by Gasteiger charge is 2.37. The minimum Gasteiger partial charge on any atom is -0.396 e. The van der Waals surface area contributed by atoms with Crippen molar-refractivity contribution < 1.29 is 17.8 Å². The predicted molar refractivity (Wildman–Crippen MR) is 93.0 cm³/mol. The number of rotatable bonds is 3. The van der Waals surface area contributed by atoms with Crippen molar-refractivity contribution in [1.82, 2.24) is 30.1 Å². The summed E-state index contributed by atoms with van der Waals surface area (Å²) in [5.74, 6) is 0. The molecule has 4 heterocycles. The molecule has 4 aromatic rings. The molecule has 8 nitrogen and oxygen atoms in total. The highest BCUT2D eigenvalue weighted by molar-refractivity contribution is 5.85. The zero-order valence-electron chi connectivity index (χ0n) is 14.8. The normalized spacial score (nSPS) is 12.0. The van der Waals surface area contributed by atoms with Crippen molar-refractivity contribution in [2.24, 2.45) is 7.05 Å². The third-order valence-electron chi connectivity index (χ3n) is 4.30. The number of hydrogen-bond acceptors (Lipinski definition) is 7. The third kappa shape index (κ3) is 3.04. The van der Waals surface area contributed by atoms with E-state index in [4.69, 9.17) is 5.73 Å². The average Bonchev–Trinajstić information content (AvgIpc) is 3.25. The first kappa shape index (κ1) is 17.9. The van der Waals surface area contributed by atoms with Crippen molar-refractivity contribution in [2.45, 2.75) is 19.5 Å². The van der Waals surface area contributed by atoms with Gasteiger partial charge in [0.25, 0.3) is 0 Å². The largest absolute Gasteiger partial charge is 0.435 e. The predicted octanol–water partition coefficient (Wildman–Crippen LogP) is 2.91. The molecule has 0 amide bonds. The molecule has 4 rings (SSSR count). The van der Waals surface area contributed by atoms with E-state index in [1.54, 1.807) is 19.1 Å². The van der Waals surface area contributed by atoms with Gasteiger partial charge in [0.05, 0.1) is 16.9 Å². The van der Waals surface area contributed by atoms with Crippen molar-refractivity contribution in [1.29, 1.82) is 0 Å². The fourth-order valence-electron chi connectivity index (χ4n) is 3.01. The maximum Gasteiger partial charge on any atom is 0.435 e. The molecule has 0 unspecified atom stereocenters. The summed E-state index contributed by atoms with van der Waals surface area (Å²) in [6.45, 7) is 1.76. The summed E-state index contributed by atoms with van der Waals surface area (Å²) in [5.41, 5.74) is 8.06. The Bertz CT molecular complexity index is 1180. The van der Waals surface area contributed by atoms with Crippen molar-refractivity contribution in [2.75, 3.05) is 5.73 Å². The van der Waals surface area contributed by atoms with Crippen LogP contribution in [0.15, 0.2) is 29.0 Å². The number of hydrogen-bond donors (Lipinski definition) is 1. The summed E-state index contributed by atoms with van der Waals surface area (Å²) in [4.78, 5) is 8.67. The molecule has 0 fully saturated rings. The van der Waals surface area contributed by atoms with Gasteiger partial charge in [0, 0.05) is 36.6 Å². The van der Waals surface area contributed by atoms with Crippen LogP contribution in [0, 0.1) is 6.92 Å². The summed E-state index contributed by atoms with van der Waals surface area (Å²) in [7, 11) is 1.43. The monoisotopic (exact) mass is 389 g/mol. The summed E-state index contributed by atoms with van der Waals surface area (Å²) >= 11 is 0. The van der Waals surface area contributed by atoms with E-state index in [1.165, 1.54) is 19.3 Å².